The number of rotatable bonds is 4. The fourth-order valence-corrected chi connectivity index (χ4v) is 1.05. The minimum Gasteiger partial charge on any atom is -0.393 e. The Labute approximate surface area is 88.3 Å². The average Bonchev–Trinajstić information content (AvgIpc) is 2.12. The first-order valence-corrected chi connectivity index (χ1v) is 4.63. The predicted octanol–water partition coefficient (Wildman–Crippen LogP) is 0.686. The molecule has 1 aromatic rings. The second-order valence-corrected chi connectivity index (χ2v) is 3.51. The van der Waals surface area contributed by atoms with Crippen LogP contribution in [0.2, 0.25) is 5.15 Å². The van der Waals surface area contributed by atoms with Gasteiger partial charge in [0.2, 0.25) is 0 Å². The zero-order chi connectivity index (χ0) is 10.6. The van der Waals surface area contributed by atoms with Crippen LogP contribution in [0, 0.1) is 0 Å². The zero-order valence-corrected chi connectivity index (χ0v) is 9.04. The maximum atomic E-state index is 5.73. The minimum absolute atomic E-state index is 0.285. The maximum absolute atomic E-state index is 5.73. The molecule has 0 aliphatic heterocycles. The van der Waals surface area contributed by atoms with Crippen LogP contribution in [0.5, 0.6) is 0 Å². The molecule has 1 rings (SSSR count). The molecule has 0 fully saturated rings. The number of nitrogens with one attached hydrogen (secondary N) is 1. The van der Waals surface area contributed by atoms with E-state index in [0.29, 0.717) is 11.5 Å². The van der Waals surface area contributed by atoms with Gasteiger partial charge in [0.25, 0.3) is 0 Å². The molecule has 0 radical (unpaired) electrons. The molecule has 0 aromatic carbocycles. The fourth-order valence-electron chi connectivity index (χ4n) is 0.913. The van der Waals surface area contributed by atoms with Crippen LogP contribution >= 0.6 is 11.6 Å². The summed E-state index contributed by atoms with van der Waals surface area (Å²) in [6, 6.07) is 0. The number of likely N-dealkylation sites (N-methyl/N-ethyl adjacent to an activating group) is 1. The first-order chi connectivity index (χ1) is 6.61. The quantitative estimate of drug-likeness (QED) is 0.724. The highest BCUT2D eigenvalue weighted by Crippen LogP contribution is 2.21. The summed E-state index contributed by atoms with van der Waals surface area (Å²) in [4.78, 5) is 9.81. The van der Waals surface area contributed by atoms with Gasteiger partial charge >= 0.3 is 0 Å². The van der Waals surface area contributed by atoms with Crippen LogP contribution < -0.4 is 11.1 Å². The van der Waals surface area contributed by atoms with E-state index in [9.17, 15) is 0 Å². The van der Waals surface area contributed by atoms with E-state index in [-0.39, 0.29) is 5.15 Å². The van der Waals surface area contributed by atoms with Crippen molar-refractivity contribution in [3.63, 3.8) is 0 Å². The average molecular weight is 216 g/mol. The van der Waals surface area contributed by atoms with Gasteiger partial charge < -0.3 is 16.0 Å². The lowest BCUT2D eigenvalue weighted by Crippen LogP contribution is -2.21. The van der Waals surface area contributed by atoms with Crippen LogP contribution in [0.1, 0.15) is 0 Å². The number of hydrogen-bond donors (Lipinski definition) is 2. The molecule has 6 heteroatoms. The zero-order valence-electron chi connectivity index (χ0n) is 8.29. The molecule has 5 nitrogen and oxygen atoms in total. The Bertz CT molecular complexity index is 302. The number of anilines is 2. The van der Waals surface area contributed by atoms with E-state index in [1.54, 1.807) is 0 Å². The fraction of sp³-hybridized carbons (Fsp3) is 0.500. The van der Waals surface area contributed by atoms with Gasteiger partial charge in [-0.1, -0.05) is 11.6 Å². The summed E-state index contributed by atoms with van der Waals surface area (Å²) in [6.45, 7) is 1.67. The first-order valence-electron chi connectivity index (χ1n) is 4.26. The highest BCUT2D eigenvalue weighted by molar-refractivity contribution is 6.32. The Balaban J connectivity index is 2.54. The van der Waals surface area contributed by atoms with Crippen molar-refractivity contribution in [2.75, 3.05) is 38.2 Å². The van der Waals surface area contributed by atoms with E-state index in [4.69, 9.17) is 17.3 Å². The second kappa shape index (κ2) is 4.97. The van der Waals surface area contributed by atoms with Crippen LogP contribution in [0.3, 0.4) is 0 Å². The van der Waals surface area contributed by atoms with Crippen LogP contribution in [0.4, 0.5) is 11.5 Å². The number of hydrogen-bond acceptors (Lipinski definition) is 5. The Kier molecular flexibility index (Phi) is 3.91. The molecule has 14 heavy (non-hydrogen) atoms. The SMILES string of the molecule is CN(C)CCNc1ncnc(Cl)c1N. The van der Waals surface area contributed by atoms with Gasteiger partial charge in [-0.25, -0.2) is 9.97 Å². The van der Waals surface area contributed by atoms with Crippen molar-refractivity contribution in [3.8, 4) is 0 Å². The lowest BCUT2D eigenvalue weighted by atomic mass is 10.4. The van der Waals surface area contributed by atoms with Gasteiger partial charge in [-0.2, -0.15) is 0 Å². The lowest BCUT2D eigenvalue weighted by Gasteiger charge is -2.11. The van der Waals surface area contributed by atoms with Crippen molar-refractivity contribution >= 4 is 23.1 Å². The number of nitrogen functional groups attached to an aromatic ring is 1. The third-order valence-corrected chi connectivity index (χ3v) is 1.99. The van der Waals surface area contributed by atoms with E-state index in [0.717, 1.165) is 13.1 Å². The van der Waals surface area contributed by atoms with Gasteiger partial charge in [0.15, 0.2) is 11.0 Å². The standard InChI is InChI=1S/C8H14ClN5/c1-14(2)4-3-11-8-6(10)7(9)12-5-13-8/h5H,3-4,10H2,1-2H3,(H,11,12,13). The van der Waals surface area contributed by atoms with Crippen LogP contribution in [0.15, 0.2) is 6.33 Å². The van der Waals surface area contributed by atoms with E-state index < -0.39 is 0 Å². The molecule has 3 N–H and O–H groups in total. The highest BCUT2D eigenvalue weighted by atomic mass is 35.5. The van der Waals surface area contributed by atoms with Gasteiger partial charge in [0, 0.05) is 13.1 Å². The molecule has 0 spiro atoms. The maximum Gasteiger partial charge on any atom is 0.157 e. The molecule has 0 unspecified atom stereocenters. The van der Waals surface area contributed by atoms with Crippen molar-refractivity contribution < 1.29 is 0 Å². The molecule has 0 bridgehead atoms. The molecule has 78 valence electrons. The van der Waals surface area contributed by atoms with Crippen molar-refractivity contribution in [2.45, 2.75) is 0 Å². The predicted molar refractivity (Wildman–Crippen MR) is 58.5 cm³/mol. The monoisotopic (exact) mass is 215 g/mol. The normalized spacial score (nSPS) is 10.6. The molecule has 0 aliphatic rings. The Morgan fingerprint density at radius 3 is 2.86 bits per heavy atom. The third-order valence-electron chi connectivity index (χ3n) is 1.69. The van der Waals surface area contributed by atoms with E-state index in [2.05, 4.69) is 20.2 Å². The summed E-state index contributed by atoms with van der Waals surface area (Å²) in [7, 11) is 4.00. The summed E-state index contributed by atoms with van der Waals surface area (Å²) in [6.07, 6.45) is 1.39. The Hall–Kier alpha value is -1.07. The van der Waals surface area contributed by atoms with Crippen LogP contribution in [-0.4, -0.2) is 42.1 Å². The molecule has 1 heterocycles. The summed E-state index contributed by atoms with van der Waals surface area (Å²) in [5, 5.41) is 3.37. The number of nitrogens with zero attached hydrogens (tertiary/aromatic N) is 3. The molecule has 0 aliphatic carbocycles. The molecule has 0 amide bonds. The topological polar surface area (TPSA) is 67.1 Å². The molecule has 0 saturated carbocycles. The van der Waals surface area contributed by atoms with Gasteiger partial charge in [0.1, 0.15) is 12.0 Å². The van der Waals surface area contributed by atoms with Crippen LogP contribution in [-0.2, 0) is 0 Å². The van der Waals surface area contributed by atoms with Gasteiger partial charge in [-0.15, -0.1) is 0 Å². The van der Waals surface area contributed by atoms with Gasteiger partial charge in [-0.3, -0.25) is 0 Å². The molecule has 0 saturated heterocycles. The van der Waals surface area contributed by atoms with Crippen molar-refractivity contribution in [1.29, 1.82) is 0 Å². The molecule has 0 atom stereocenters. The summed E-state index contributed by atoms with van der Waals surface area (Å²) in [5.41, 5.74) is 6.06. The largest absolute Gasteiger partial charge is 0.393 e. The molecular formula is C8H14ClN5. The molecular weight excluding hydrogens is 202 g/mol. The summed E-state index contributed by atoms with van der Waals surface area (Å²) in [5.74, 6) is 0.590. The van der Waals surface area contributed by atoms with Crippen LogP contribution in [0.25, 0.3) is 0 Å². The number of aromatic nitrogens is 2. The van der Waals surface area contributed by atoms with Gasteiger partial charge in [0.05, 0.1) is 0 Å². The number of halogens is 1. The van der Waals surface area contributed by atoms with E-state index in [1.807, 2.05) is 14.1 Å². The first kappa shape index (κ1) is 11.0. The van der Waals surface area contributed by atoms with E-state index in [1.165, 1.54) is 6.33 Å². The summed E-state index contributed by atoms with van der Waals surface area (Å²) < 4.78 is 0. The van der Waals surface area contributed by atoms with Crippen molar-refractivity contribution in [1.82, 2.24) is 14.9 Å². The lowest BCUT2D eigenvalue weighted by molar-refractivity contribution is 0.425. The summed E-state index contributed by atoms with van der Waals surface area (Å²) >= 11 is 5.73. The minimum atomic E-state index is 0.285. The smallest absolute Gasteiger partial charge is 0.157 e. The third kappa shape index (κ3) is 3.01. The van der Waals surface area contributed by atoms with Gasteiger partial charge in [-0.05, 0) is 14.1 Å². The molecule has 1 aromatic heterocycles. The Morgan fingerprint density at radius 1 is 1.50 bits per heavy atom. The van der Waals surface area contributed by atoms with Crippen molar-refractivity contribution in [3.05, 3.63) is 11.5 Å². The van der Waals surface area contributed by atoms with E-state index >= 15 is 0 Å². The number of nitrogens with two attached hydrogens (primary N) is 1. The second-order valence-electron chi connectivity index (χ2n) is 3.16. The van der Waals surface area contributed by atoms with Crippen molar-refractivity contribution in [2.24, 2.45) is 0 Å². The Morgan fingerprint density at radius 2 is 2.21 bits per heavy atom. The highest BCUT2D eigenvalue weighted by Gasteiger charge is 2.04.